The van der Waals surface area contributed by atoms with Crippen LogP contribution in [0.5, 0.6) is 0 Å². The van der Waals surface area contributed by atoms with Gasteiger partial charge in [-0.05, 0) is 24.6 Å². The number of benzene rings is 2. The predicted octanol–water partition coefficient (Wildman–Crippen LogP) is 5.83. The van der Waals surface area contributed by atoms with E-state index in [-0.39, 0.29) is 18.0 Å². The average molecular weight is 351 g/mol. The number of likely N-dealkylation sites (tertiary alicyclic amines) is 1. The Labute approximate surface area is 157 Å². The van der Waals surface area contributed by atoms with Crippen molar-refractivity contribution < 1.29 is 5.21 Å². The first kappa shape index (κ1) is 18.7. The maximum absolute atomic E-state index is 9.80. The Morgan fingerprint density at radius 2 is 1.58 bits per heavy atom. The lowest BCUT2D eigenvalue weighted by atomic mass is 9.76. The van der Waals surface area contributed by atoms with Crippen molar-refractivity contribution in [2.75, 3.05) is 7.05 Å². The SMILES string of the molecule is CCCCC[C@H]1/C(=N\O)C[C@@H](c2ccccc2)N(C)[C@@H]1c1ccccc1. The van der Waals surface area contributed by atoms with Crippen LogP contribution in [0.1, 0.15) is 62.2 Å². The number of oxime groups is 1. The monoisotopic (exact) mass is 350 g/mol. The predicted molar refractivity (Wildman–Crippen MR) is 108 cm³/mol. The summed E-state index contributed by atoms with van der Waals surface area (Å²) in [6.45, 7) is 2.23. The minimum absolute atomic E-state index is 0.231. The van der Waals surface area contributed by atoms with Gasteiger partial charge in [-0.2, -0.15) is 0 Å². The van der Waals surface area contributed by atoms with Gasteiger partial charge in [-0.3, -0.25) is 4.90 Å². The molecule has 0 unspecified atom stereocenters. The quantitative estimate of drug-likeness (QED) is 0.404. The molecule has 1 aliphatic rings. The molecule has 2 aromatic carbocycles. The van der Waals surface area contributed by atoms with E-state index in [4.69, 9.17) is 0 Å². The van der Waals surface area contributed by atoms with E-state index in [2.05, 4.69) is 84.7 Å². The molecule has 1 fully saturated rings. The van der Waals surface area contributed by atoms with Crippen molar-refractivity contribution in [3.8, 4) is 0 Å². The summed E-state index contributed by atoms with van der Waals surface area (Å²) in [6, 6.07) is 21.7. The van der Waals surface area contributed by atoms with E-state index >= 15 is 0 Å². The van der Waals surface area contributed by atoms with Crippen molar-refractivity contribution in [1.82, 2.24) is 4.90 Å². The summed E-state index contributed by atoms with van der Waals surface area (Å²) >= 11 is 0. The van der Waals surface area contributed by atoms with Crippen LogP contribution >= 0.6 is 0 Å². The fourth-order valence-electron chi connectivity index (χ4n) is 4.35. The minimum atomic E-state index is 0.231. The molecule has 1 heterocycles. The molecule has 0 amide bonds. The maximum atomic E-state index is 9.80. The van der Waals surface area contributed by atoms with Gasteiger partial charge in [0.2, 0.25) is 0 Å². The van der Waals surface area contributed by atoms with Gasteiger partial charge in [-0.15, -0.1) is 0 Å². The molecule has 0 saturated carbocycles. The molecule has 0 aromatic heterocycles. The van der Waals surface area contributed by atoms with Crippen LogP contribution in [0.25, 0.3) is 0 Å². The van der Waals surface area contributed by atoms with E-state index in [1.165, 1.54) is 30.4 Å². The second-order valence-electron chi connectivity index (χ2n) is 7.35. The van der Waals surface area contributed by atoms with Gasteiger partial charge in [0.25, 0.3) is 0 Å². The largest absolute Gasteiger partial charge is 0.411 e. The van der Waals surface area contributed by atoms with Crippen LogP contribution in [-0.2, 0) is 0 Å². The molecule has 3 nitrogen and oxygen atoms in total. The zero-order chi connectivity index (χ0) is 18.4. The second-order valence-corrected chi connectivity index (χ2v) is 7.35. The first-order chi connectivity index (χ1) is 12.8. The maximum Gasteiger partial charge on any atom is 0.0639 e. The van der Waals surface area contributed by atoms with Gasteiger partial charge in [0.15, 0.2) is 0 Å². The molecule has 3 atom stereocenters. The van der Waals surface area contributed by atoms with E-state index in [0.29, 0.717) is 0 Å². The van der Waals surface area contributed by atoms with Crippen molar-refractivity contribution in [3.05, 3.63) is 71.8 Å². The molecule has 1 aliphatic heterocycles. The Morgan fingerprint density at radius 1 is 0.962 bits per heavy atom. The summed E-state index contributed by atoms with van der Waals surface area (Å²) in [7, 11) is 2.22. The lowest BCUT2D eigenvalue weighted by Gasteiger charge is -2.45. The van der Waals surface area contributed by atoms with Gasteiger partial charge >= 0.3 is 0 Å². The highest BCUT2D eigenvalue weighted by molar-refractivity contribution is 5.88. The summed E-state index contributed by atoms with van der Waals surface area (Å²) in [6.07, 6.45) is 5.46. The molecule has 0 radical (unpaired) electrons. The van der Waals surface area contributed by atoms with Gasteiger partial charge in [0, 0.05) is 24.4 Å². The lowest BCUT2D eigenvalue weighted by Crippen LogP contribution is -2.43. The first-order valence-corrected chi connectivity index (χ1v) is 9.79. The zero-order valence-corrected chi connectivity index (χ0v) is 15.9. The Bertz CT molecular complexity index is 699. The number of hydrogen-bond acceptors (Lipinski definition) is 3. The molecule has 2 aromatic rings. The Balaban J connectivity index is 1.97. The summed E-state index contributed by atoms with van der Waals surface area (Å²) in [5.41, 5.74) is 3.53. The van der Waals surface area contributed by atoms with Gasteiger partial charge < -0.3 is 5.21 Å². The summed E-state index contributed by atoms with van der Waals surface area (Å²) in [5.74, 6) is 0.263. The van der Waals surface area contributed by atoms with Crippen molar-refractivity contribution in [2.45, 2.75) is 51.1 Å². The Morgan fingerprint density at radius 3 is 2.15 bits per heavy atom. The number of hydrogen-bond donors (Lipinski definition) is 1. The van der Waals surface area contributed by atoms with E-state index in [9.17, 15) is 5.21 Å². The Kier molecular flexibility index (Phi) is 6.45. The third-order valence-corrected chi connectivity index (χ3v) is 5.71. The highest BCUT2D eigenvalue weighted by atomic mass is 16.4. The molecule has 26 heavy (non-hydrogen) atoms. The van der Waals surface area contributed by atoms with E-state index < -0.39 is 0 Å². The molecular weight excluding hydrogens is 320 g/mol. The molecule has 3 rings (SSSR count). The summed E-state index contributed by atoms with van der Waals surface area (Å²) in [5, 5.41) is 13.6. The normalized spacial score (nSPS) is 25.5. The molecule has 3 heteroatoms. The van der Waals surface area contributed by atoms with Crippen LogP contribution in [0, 0.1) is 5.92 Å². The summed E-state index contributed by atoms with van der Waals surface area (Å²) < 4.78 is 0. The van der Waals surface area contributed by atoms with Gasteiger partial charge in [-0.1, -0.05) is 92.0 Å². The van der Waals surface area contributed by atoms with Gasteiger partial charge in [-0.25, -0.2) is 0 Å². The van der Waals surface area contributed by atoms with Crippen LogP contribution in [0.15, 0.2) is 65.8 Å². The molecule has 1 N–H and O–H groups in total. The third kappa shape index (κ3) is 3.99. The fourth-order valence-corrected chi connectivity index (χ4v) is 4.35. The number of nitrogens with zero attached hydrogens (tertiary/aromatic N) is 2. The lowest BCUT2D eigenvalue weighted by molar-refractivity contribution is 0.117. The van der Waals surface area contributed by atoms with Crippen molar-refractivity contribution in [2.24, 2.45) is 11.1 Å². The van der Waals surface area contributed by atoms with E-state index in [1.54, 1.807) is 0 Å². The standard InChI is InChI=1S/C23H30N2O/c1-3-4-7-16-20-21(24-26)17-22(18-12-8-5-9-13-18)25(2)23(20)19-14-10-6-11-15-19/h5-6,8-15,20,22-23,26H,3-4,7,16-17H2,1-2H3/b24-21-/t20-,22-,23+/m0/s1. The highest BCUT2D eigenvalue weighted by Gasteiger charge is 2.40. The molecular formula is C23H30N2O. The number of rotatable bonds is 6. The van der Waals surface area contributed by atoms with Crippen LogP contribution in [0.3, 0.4) is 0 Å². The topological polar surface area (TPSA) is 35.8 Å². The van der Waals surface area contributed by atoms with Crippen LogP contribution in [0.2, 0.25) is 0 Å². The molecule has 138 valence electrons. The number of piperidine rings is 1. The number of unbranched alkanes of at least 4 members (excludes halogenated alkanes) is 2. The Hall–Kier alpha value is -2.13. The van der Waals surface area contributed by atoms with Crippen LogP contribution in [-0.4, -0.2) is 22.9 Å². The fraction of sp³-hybridized carbons (Fsp3) is 0.435. The first-order valence-electron chi connectivity index (χ1n) is 9.79. The van der Waals surface area contributed by atoms with Crippen molar-refractivity contribution in [3.63, 3.8) is 0 Å². The average Bonchev–Trinajstić information content (AvgIpc) is 2.70. The highest BCUT2D eigenvalue weighted by Crippen LogP contribution is 2.44. The van der Waals surface area contributed by atoms with Crippen LogP contribution in [0.4, 0.5) is 0 Å². The molecule has 0 bridgehead atoms. The zero-order valence-electron chi connectivity index (χ0n) is 15.9. The third-order valence-electron chi connectivity index (χ3n) is 5.71. The molecule has 0 aliphatic carbocycles. The minimum Gasteiger partial charge on any atom is -0.411 e. The molecule has 1 saturated heterocycles. The van der Waals surface area contributed by atoms with Gasteiger partial charge in [0.05, 0.1) is 5.71 Å². The van der Waals surface area contributed by atoms with Gasteiger partial charge in [0.1, 0.15) is 0 Å². The van der Waals surface area contributed by atoms with Crippen LogP contribution < -0.4 is 0 Å². The summed E-state index contributed by atoms with van der Waals surface area (Å²) in [4.78, 5) is 2.48. The smallest absolute Gasteiger partial charge is 0.0639 e. The van der Waals surface area contributed by atoms with Crippen molar-refractivity contribution >= 4 is 5.71 Å². The van der Waals surface area contributed by atoms with E-state index in [0.717, 1.165) is 18.6 Å². The second kappa shape index (κ2) is 9.00. The van der Waals surface area contributed by atoms with E-state index in [1.807, 2.05) is 0 Å². The molecule has 0 spiro atoms. The van der Waals surface area contributed by atoms with Crippen molar-refractivity contribution in [1.29, 1.82) is 0 Å².